The number of amides is 2. The zero-order chi connectivity index (χ0) is 24.8. The molecule has 2 amide bonds. The van der Waals surface area contributed by atoms with Crippen molar-refractivity contribution in [3.63, 3.8) is 0 Å². The summed E-state index contributed by atoms with van der Waals surface area (Å²) in [5, 5.41) is 10.9. The van der Waals surface area contributed by atoms with Gasteiger partial charge in [-0.3, -0.25) is 24.6 Å². The smallest absolute Gasteiger partial charge is 0.293 e. The van der Waals surface area contributed by atoms with Gasteiger partial charge in [0.1, 0.15) is 6.61 Å². The molecule has 0 unspecified atom stereocenters. The van der Waals surface area contributed by atoms with Gasteiger partial charge in [-0.2, -0.15) is 0 Å². The van der Waals surface area contributed by atoms with Crippen LogP contribution in [0.1, 0.15) is 23.6 Å². The maximum Gasteiger partial charge on any atom is 0.293 e. The average Bonchev–Trinajstić information content (AvgIpc) is 3.12. The molecule has 3 aromatic rings. The summed E-state index contributed by atoms with van der Waals surface area (Å²) in [4.78, 5) is 37.6. The zero-order valence-corrected chi connectivity index (χ0v) is 19.7. The Morgan fingerprint density at radius 2 is 1.71 bits per heavy atom. The highest BCUT2D eigenvalue weighted by atomic mass is 32.2. The van der Waals surface area contributed by atoms with Crippen molar-refractivity contribution in [2.45, 2.75) is 20.1 Å². The Balaban J connectivity index is 1.52. The number of nitro groups is 1. The molecule has 1 aliphatic heterocycles. The van der Waals surface area contributed by atoms with Gasteiger partial charge in [-0.1, -0.05) is 48.5 Å². The van der Waals surface area contributed by atoms with Gasteiger partial charge in [0.2, 0.25) is 0 Å². The minimum absolute atomic E-state index is 0.00501. The summed E-state index contributed by atoms with van der Waals surface area (Å²) in [5.41, 5.74) is 1.95. The van der Waals surface area contributed by atoms with Crippen LogP contribution in [0.5, 0.6) is 11.5 Å². The summed E-state index contributed by atoms with van der Waals surface area (Å²) < 4.78 is 11.5. The summed E-state index contributed by atoms with van der Waals surface area (Å²) in [7, 11) is 0. The predicted molar refractivity (Wildman–Crippen MR) is 133 cm³/mol. The number of nitro benzene ring substituents is 1. The van der Waals surface area contributed by atoms with Crippen LogP contribution in [0.2, 0.25) is 0 Å². The summed E-state index contributed by atoms with van der Waals surface area (Å²) >= 11 is 0.894. The molecule has 1 saturated heterocycles. The number of imide groups is 1. The van der Waals surface area contributed by atoms with Crippen molar-refractivity contribution >= 4 is 34.7 Å². The first-order valence-electron chi connectivity index (χ1n) is 10.9. The first kappa shape index (κ1) is 24.0. The minimum atomic E-state index is -0.448. The molecule has 0 aliphatic carbocycles. The Morgan fingerprint density at radius 1 is 0.971 bits per heavy atom. The Morgan fingerprint density at radius 3 is 2.46 bits per heavy atom. The molecular weight excluding hydrogens is 468 g/mol. The molecule has 1 heterocycles. The topological polar surface area (TPSA) is 99.0 Å². The average molecular weight is 491 g/mol. The Bertz CT molecular complexity index is 1290. The molecule has 1 aliphatic rings. The number of thioether (sulfide) groups is 1. The van der Waals surface area contributed by atoms with Crippen molar-refractivity contribution in [1.29, 1.82) is 0 Å². The van der Waals surface area contributed by atoms with Gasteiger partial charge < -0.3 is 9.47 Å². The molecule has 3 aromatic carbocycles. The fourth-order valence-corrected chi connectivity index (χ4v) is 4.36. The molecule has 0 saturated carbocycles. The lowest BCUT2D eigenvalue weighted by atomic mass is 10.1. The van der Waals surface area contributed by atoms with Gasteiger partial charge in [-0.15, -0.1) is 0 Å². The van der Waals surface area contributed by atoms with Crippen LogP contribution in [-0.2, 0) is 17.9 Å². The predicted octanol–water partition coefficient (Wildman–Crippen LogP) is 5.81. The van der Waals surface area contributed by atoms with E-state index in [1.807, 2.05) is 37.3 Å². The van der Waals surface area contributed by atoms with Crippen LogP contribution in [0.25, 0.3) is 6.08 Å². The summed E-state index contributed by atoms with van der Waals surface area (Å²) in [5.74, 6) is 0.501. The first-order chi connectivity index (χ1) is 17.0. The number of carbonyl (C=O) groups is 2. The van der Waals surface area contributed by atoms with Gasteiger partial charge in [0.25, 0.3) is 16.8 Å². The van der Waals surface area contributed by atoms with Gasteiger partial charge in [-0.05, 0) is 54.1 Å². The third-order valence-electron chi connectivity index (χ3n) is 5.19. The molecule has 0 atom stereocenters. The highest BCUT2D eigenvalue weighted by molar-refractivity contribution is 8.18. The number of para-hydroxylation sites is 1. The molecule has 1 fully saturated rings. The van der Waals surface area contributed by atoms with Crippen LogP contribution in [-0.4, -0.2) is 27.6 Å². The van der Waals surface area contributed by atoms with E-state index in [1.54, 1.807) is 42.5 Å². The highest BCUT2D eigenvalue weighted by Gasteiger charge is 2.35. The standard InChI is InChI=1S/C26H22N2O6S/c1-2-33-23-14-19(12-13-22(23)34-17-20-10-6-7-11-21(20)28(31)32)15-24-25(29)27(26(30)35-24)16-18-8-4-3-5-9-18/h3-15H,2,16-17H2,1H3/b24-15-. The summed E-state index contributed by atoms with van der Waals surface area (Å²) in [6.07, 6.45) is 1.64. The maximum absolute atomic E-state index is 12.9. The molecule has 0 radical (unpaired) electrons. The van der Waals surface area contributed by atoms with E-state index in [4.69, 9.17) is 9.47 Å². The molecule has 35 heavy (non-hydrogen) atoms. The fraction of sp³-hybridized carbons (Fsp3) is 0.154. The molecule has 4 rings (SSSR count). The number of benzene rings is 3. The quantitative estimate of drug-likeness (QED) is 0.212. The lowest BCUT2D eigenvalue weighted by Gasteiger charge is -2.13. The van der Waals surface area contributed by atoms with Crippen LogP contribution in [0.15, 0.2) is 77.7 Å². The van der Waals surface area contributed by atoms with Gasteiger partial charge in [-0.25, -0.2) is 0 Å². The minimum Gasteiger partial charge on any atom is -0.490 e. The van der Waals surface area contributed by atoms with E-state index in [9.17, 15) is 19.7 Å². The van der Waals surface area contributed by atoms with Crippen LogP contribution in [0.3, 0.4) is 0 Å². The number of hydrogen-bond acceptors (Lipinski definition) is 7. The van der Waals surface area contributed by atoms with Crippen molar-refractivity contribution in [3.05, 3.63) is 105 Å². The lowest BCUT2D eigenvalue weighted by molar-refractivity contribution is -0.385. The van der Waals surface area contributed by atoms with E-state index in [2.05, 4.69) is 0 Å². The van der Waals surface area contributed by atoms with Gasteiger partial charge >= 0.3 is 0 Å². The molecule has 9 heteroatoms. The summed E-state index contributed by atoms with van der Waals surface area (Å²) in [6, 6.07) is 20.8. The fourth-order valence-electron chi connectivity index (χ4n) is 3.52. The van der Waals surface area contributed by atoms with E-state index in [0.717, 1.165) is 17.3 Å². The van der Waals surface area contributed by atoms with E-state index in [0.29, 0.717) is 34.1 Å². The zero-order valence-electron chi connectivity index (χ0n) is 18.9. The monoisotopic (exact) mass is 490 g/mol. The number of carbonyl (C=O) groups excluding carboxylic acids is 2. The Hall–Kier alpha value is -4.11. The third-order valence-corrected chi connectivity index (χ3v) is 6.10. The maximum atomic E-state index is 12.9. The lowest BCUT2D eigenvalue weighted by Crippen LogP contribution is -2.27. The second-order valence-electron chi connectivity index (χ2n) is 7.57. The second kappa shape index (κ2) is 10.9. The van der Waals surface area contributed by atoms with Crippen LogP contribution < -0.4 is 9.47 Å². The third kappa shape index (κ3) is 5.70. The van der Waals surface area contributed by atoms with Gasteiger partial charge in [0.15, 0.2) is 11.5 Å². The molecule has 0 aromatic heterocycles. The van der Waals surface area contributed by atoms with E-state index < -0.39 is 4.92 Å². The normalized spacial score (nSPS) is 14.4. The van der Waals surface area contributed by atoms with Gasteiger partial charge in [0.05, 0.1) is 28.5 Å². The Labute approximate surface area is 206 Å². The SMILES string of the molecule is CCOc1cc(/C=C2\SC(=O)N(Cc3ccccc3)C2=O)ccc1OCc1ccccc1[N+](=O)[O-]. The van der Waals surface area contributed by atoms with Crippen molar-refractivity contribution < 1.29 is 24.0 Å². The van der Waals surface area contributed by atoms with Crippen molar-refractivity contribution in [1.82, 2.24) is 4.90 Å². The summed E-state index contributed by atoms with van der Waals surface area (Å²) in [6.45, 7) is 2.41. The molecule has 0 spiro atoms. The number of rotatable bonds is 9. The number of hydrogen-bond donors (Lipinski definition) is 0. The molecular formula is C26H22N2O6S. The second-order valence-corrected chi connectivity index (χ2v) is 8.56. The Kier molecular flexibility index (Phi) is 7.47. The van der Waals surface area contributed by atoms with Crippen molar-refractivity contribution in [2.75, 3.05) is 6.61 Å². The molecule has 0 N–H and O–H groups in total. The van der Waals surface area contributed by atoms with E-state index >= 15 is 0 Å². The van der Waals surface area contributed by atoms with Crippen LogP contribution >= 0.6 is 11.8 Å². The largest absolute Gasteiger partial charge is 0.490 e. The molecule has 0 bridgehead atoms. The highest BCUT2D eigenvalue weighted by Crippen LogP contribution is 2.36. The van der Waals surface area contributed by atoms with Crippen LogP contribution in [0.4, 0.5) is 10.5 Å². The van der Waals surface area contributed by atoms with Crippen molar-refractivity contribution in [2.24, 2.45) is 0 Å². The van der Waals surface area contributed by atoms with Crippen molar-refractivity contribution in [3.8, 4) is 11.5 Å². The molecule has 8 nitrogen and oxygen atoms in total. The van der Waals surface area contributed by atoms with E-state index in [1.165, 1.54) is 11.0 Å². The van der Waals surface area contributed by atoms with Crippen LogP contribution in [0, 0.1) is 10.1 Å². The molecule has 178 valence electrons. The number of nitrogens with zero attached hydrogens (tertiary/aromatic N) is 2. The van der Waals surface area contributed by atoms with E-state index in [-0.39, 0.29) is 30.0 Å². The van der Waals surface area contributed by atoms with Gasteiger partial charge in [0, 0.05) is 6.07 Å². The first-order valence-corrected chi connectivity index (χ1v) is 11.7. The number of ether oxygens (including phenoxy) is 2.